The zero-order valence-electron chi connectivity index (χ0n) is 18.5. The highest BCUT2D eigenvalue weighted by Gasteiger charge is 2.29. The van der Waals surface area contributed by atoms with E-state index >= 15 is 0 Å². The van der Waals surface area contributed by atoms with Gasteiger partial charge in [-0.05, 0) is 49.2 Å². The molecule has 0 saturated heterocycles. The van der Waals surface area contributed by atoms with E-state index in [1.54, 1.807) is 32.0 Å². The predicted molar refractivity (Wildman–Crippen MR) is 117 cm³/mol. The van der Waals surface area contributed by atoms with E-state index in [2.05, 4.69) is 5.32 Å². The predicted octanol–water partition coefficient (Wildman–Crippen LogP) is 4.46. The summed E-state index contributed by atoms with van der Waals surface area (Å²) in [6.07, 6.45) is -2.91. The second-order valence-corrected chi connectivity index (χ2v) is 7.53. The fourth-order valence-corrected chi connectivity index (χ4v) is 3.03. The van der Waals surface area contributed by atoms with Crippen molar-refractivity contribution in [1.82, 2.24) is 5.32 Å². The van der Waals surface area contributed by atoms with Crippen LogP contribution in [0.5, 0.6) is 5.75 Å². The maximum absolute atomic E-state index is 12.6. The zero-order chi connectivity index (χ0) is 24.6. The van der Waals surface area contributed by atoms with E-state index in [4.69, 9.17) is 9.47 Å². The average molecular weight is 465 g/mol. The number of nitrogens with one attached hydrogen (secondary N) is 1. The molecule has 0 aromatic heterocycles. The molecule has 0 aliphatic carbocycles. The largest absolute Gasteiger partial charge is 0.496 e. The fourth-order valence-electron chi connectivity index (χ4n) is 3.03. The number of amides is 1. The van der Waals surface area contributed by atoms with Crippen molar-refractivity contribution in [1.29, 1.82) is 0 Å². The molecule has 2 N–H and O–H groups in total. The van der Waals surface area contributed by atoms with Gasteiger partial charge in [0.25, 0.3) is 0 Å². The second-order valence-electron chi connectivity index (χ2n) is 7.53. The number of halogens is 3. The molecule has 33 heavy (non-hydrogen) atoms. The van der Waals surface area contributed by atoms with Gasteiger partial charge in [0, 0.05) is 24.6 Å². The number of alkyl halides is 3. The van der Waals surface area contributed by atoms with Gasteiger partial charge in [0.05, 0.1) is 18.8 Å². The molecule has 6 nitrogen and oxygen atoms in total. The van der Waals surface area contributed by atoms with Gasteiger partial charge < -0.3 is 19.9 Å². The van der Waals surface area contributed by atoms with Crippen LogP contribution in [0.2, 0.25) is 0 Å². The van der Waals surface area contributed by atoms with Gasteiger partial charge in [-0.2, -0.15) is 13.2 Å². The van der Waals surface area contributed by atoms with Gasteiger partial charge in [-0.25, -0.2) is 4.79 Å². The molecule has 0 fully saturated rings. The van der Waals surface area contributed by atoms with Crippen LogP contribution >= 0.6 is 0 Å². The summed E-state index contributed by atoms with van der Waals surface area (Å²) in [5, 5.41) is 12.0. The minimum Gasteiger partial charge on any atom is -0.496 e. The van der Waals surface area contributed by atoms with Crippen molar-refractivity contribution in [2.75, 3.05) is 7.11 Å². The number of carbonyl (C=O) groups excluding carboxylic acids is 1. The summed E-state index contributed by atoms with van der Waals surface area (Å²) in [7, 11) is 1.48. The van der Waals surface area contributed by atoms with Gasteiger partial charge in [-0.3, -0.25) is 4.79 Å². The summed E-state index contributed by atoms with van der Waals surface area (Å²) in [4.78, 5) is 23.6. The number of carbonyl (C=O) groups is 2. The standard InChI is InChI=1S/C24H26F3NO5/c1-15(2)33-21(23(30)31)13-17-6-10-20(32-3)18(12-17)14-28-22(29)11-7-16-4-8-19(9-5-16)24(25,26)27/h4-12,15,21H,13-14H2,1-3H3,(H,28,29)(H,30,31)/b11-7+. The molecule has 0 bridgehead atoms. The molecule has 2 aromatic carbocycles. The van der Waals surface area contributed by atoms with Crippen molar-refractivity contribution in [2.24, 2.45) is 0 Å². The Morgan fingerprint density at radius 2 is 1.79 bits per heavy atom. The number of hydrogen-bond donors (Lipinski definition) is 2. The summed E-state index contributed by atoms with van der Waals surface area (Å²) < 4.78 is 48.6. The molecule has 178 valence electrons. The fraction of sp³-hybridized carbons (Fsp3) is 0.333. The van der Waals surface area contributed by atoms with Gasteiger partial charge in [0.15, 0.2) is 6.10 Å². The molecule has 0 aliphatic rings. The molecule has 0 heterocycles. The third kappa shape index (κ3) is 8.27. The smallest absolute Gasteiger partial charge is 0.416 e. The highest BCUT2D eigenvalue weighted by Crippen LogP contribution is 2.29. The second kappa shape index (κ2) is 11.5. The topological polar surface area (TPSA) is 84.9 Å². The number of rotatable bonds is 10. The van der Waals surface area contributed by atoms with Crippen LogP contribution in [0.4, 0.5) is 13.2 Å². The van der Waals surface area contributed by atoms with E-state index < -0.39 is 29.7 Å². The highest BCUT2D eigenvalue weighted by molar-refractivity contribution is 5.91. The summed E-state index contributed by atoms with van der Waals surface area (Å²) >= 11 is 0. The first-order chi connectivity index (χ1) is 15.5. The summed E-state index contributed by atoms with van der Waals surface area (Å²) in [6, 6.07) is 9.59. The first-order valence-corrected chi connectivity index (χ1v) is 10.2. The molecule has 1 amide bonds. The van der Waals surface area contributed by atoms with Crippen molar-refractivity contribution in [2.45, 2.75) is 45.2 Å². The first kappa shape index (κ1) is 25.9. The Labute approximate surface area is 190 Å². The molecule has 2 aromatic rings. The molecule has 1 unspecified atom stereocenters. The van der Waals surface area contributed by atoms with E-state index in [1.807, 2.05) is 0 Å². The molecule has 0 radical (unpaired) electrons. The van der Waals surface area contributed by atoms with E-state index in [1.165, 1.54) is 31.4 Å². The van der Waals surface area contributed by atoms with Crippen molar-refractivity contribution in [3.63, 3.8) is 0 Å². The van der Waals surface area contributed by atoms with Crippen molar-refractivity contribution in [3.05, 3.63) is 70.8 Å². The first-order valence-electron chi connectivity index (χ1n) is 10.2. The normalized spacial score (nSPS) is 12.7. The lowest BCUT2D eigenvalue weighted by molar-refractivity contribution is -0.153. The Bertz CT molecular complexity index is 985. The van der Waals surface area contributed by atoms with Crippen LogP contribution in [-0.4, -0.2) is 36.3 Å². The van der Waals surface area contributed by atoms with Crippen LogP contribution in [-0.2, 0) is 33.5 Å². The third-order valence-corrected chi connectivity index (χ3v) is 4.60. The number of carboxylic acids is 1. The SMILES string of the molecule is COc1ccc(CC(OC(C)C)C(=O)O)cc1CNC(=O)/C=C/c1ccc(C(F)(F)F)cc1. The average Bonchev–Trinajstić information content (AvgIpc) is 2.75. The summed E-state index contributed by atoms with van der Waals surface area (Å²) in [5.74, 6) is -1.00. The Balaban J connectivity index is 2.04. The van der Waals surface area contributed by atoms with Crippen LogP contribution < -0.4 is 10.1 Å². The van der Waals surface area contributed by atoms with Gasteiger partial charge >= 0.3 is 12.1 Å². The number of ether oxygens (including phenoxy) is 2. The maximum Gasteiger partial charge on any atom is 0.416 e. The molecule has 1 atom stereocenters. The van der Waals surface area contributed by atoms with Crippen LogP contribution in [0, 0.1) is 0 Å². The van der Waals surface area contributed by atoms with Crippen LogP contribution in [0.15, 0.2) is 48.5 Å². The quantitative estimate of drug-likeness (QED) is 0.506. The van der Waals surface area contributed by atoms with Gasteiger partial charge in [-0.1, -0.05) is 24.3 Å². The Kier molecular flexibility index (Phi) is 9.04. The van der Waals surface area contributed by atoms with E-state index in [0.717, 1.165) is 12.1 Å². The van der Waals surface area contributed by atoms with Gasteiger partial charge in [0.2, 0.25) is 5.91 Å². The van der Waals surface area contributed by atoms with Gasteiger partial charge in [-0.15, -0.1) is 0 Å². The molecule has 0 saturated carbocycles. The maximum atomic E-state index is 12.6. The molecule has 9 heteroatoms. The zero-order valence-corrected chi connectivity index (χ0v) is 18.5. The Hall–Kier alpha value is -3.33. The van der Waals surface area contributed by atoms with Gasteiger partial charge in [0.1, 0.15) is 5.75 Å². The molecule has 0 aliphatic heterocycles. The van der Waals surface area contributed by atoms with Crippen molar-refractivity contribution < 1.29 is 37.3 Å². The number of methoxy groups -OCH3 is 1. The number of carboxylic acid groups (broad SMARTS) is 1. The van der Waals surface area contributed by atoms with Crippen LogP contribution in [0.3, 0.4) is 0 Å². The van der Waals surface area contributed by atoms with Crippen LogP contribution in [0.25, 0.3) is 6.08 Å². The lowest BCUT2D eigenvalue weighted by Crippen LogP contribution is -2.29. The number of benzene rings is 2. The van der Waals surface area contributed by atoms with E-state index in [0.29, 0.717) is 22.4 Å². The lowest BCUT2D eigenvalue weighted by atomic mass is 10.0. The molecular formula is C24H26F3NO5. The minimum absolute atomic E-state index is 0.107. The van der Waals surface area contributed by atoms with E-state index in [9.17, 15) is 27.9 Å². The summed E-state index contributed by atoms with van der Waals surface area (Å²) in [6.45, 7) is 3.61. The third-order valence-electron chi connectivity index (χ3n) is 4.60. The van der Waals surface area contributed by atoms with Crippen molar-refractivity contribution in [3.8, 4) is 5.75 Å². The van der Waals surface area contributed by atoms with E-state index in [-0.39, 0.29) is 19.1 Å². The Morgan fingerprint density at radius 3 is 2.33 bits per heavy atom. The van der Waals surface area contributed by atoms with Crippen LogP contribution in [0.1, 0.15) is 36.1 Å². The number of aliphatic carboxylic acids is 1. The molecular weight excluding hydrogens is 439 g/mol. The molecule has 0 spiro atoms. The van der Waals surface area contributed by atoms with Crippen molar-refractivity contribution >= 4 is 18.0 Å². The summed E-state index contributed by atoms with van der Waals surface area (Å²) in [5.41, 5.74) is 1.02. The number of hydrogen-bond acceptors (Lipinski definition) is 4. The Morgan fingerprint density at radius 1 is 1.12 bits per heavy atom. The monoisotopic (exact) mass is 465 g/mol. The minimum atomic E-state index is -4.42. The molecule has 2 rings (SSSR count). The highest BCUT2D eigenvalue weighted by atomic mass is 19.4. The lowest BCUT2D eigenvalue weighted by Gasteiger charge is -2.17.